The quantitative estimate of drug-likeness (QED) is 0.570. The van der Waals surface area contributed by atoms with Crippen molar-refractivity contribution in [2.24, 2.45) is 0 Å². The number of nitrogens with zero attached hydrogens (tertiary/aromatic N) is 2. The van der Waals surface area contributed by atoms with Crippen molar-refractivity contribution >= 4 is 29.1 Å². The van der Waals surface area contributed by atoms with Gasteiger partial charge in [0.15, 0.2) is 0 Å². The molecule has 27 heavy (non-hydrogen) atoms. The number of benzene rings is 2. The van der Waals surface area contributed by atoms with Crippen molar-refractivity contribution in [1.29, 1.82) is 0 Å². The van der Waals surface area contributed by atoms with Crippen molar-refractivity contribution in [3.63, 3.8) is 0 Å². The minimum atomic E-state index is -0.978. The van der Waals surface area contributed by atoms with Gasteiger partial charge < -0.3 is 20.5 Å². The Morgan fingerprint density at radius 2 is 1.81 bits per heavy atom. The third-order valence-corrected chi connectivity index (χ3v) is 3.52. The van der Waals surface area contributed by atoms with E-state index in [9.17, 15) is 4.79 Å². The van der Waals surface area contributed by atoms with E-state index in [0.29, 0.717) is 17.5 Å². The van der Waals surface area contributed by atoms with Crippen LogP contribution in [-0.2, 0) is 0 Å². The van der Waals surface area contributed by atoms with Crippen LogP contribution in [0.3, 0.4) is 0 Å². The molecule has 0 fully saturated rings. The first-order valence-corrected chi connectivity index (χ1v) is 8.47. The van der Waals surface area contributed by atoms with Crippen LogP contribution in [0.4, 0.5) is 23.1 Å². The topological polar surface area (TPSA) is 96.4 Å². The van der Waals surface area contributed by atoms with Crippen LogP contribution >= 0.6 is 0 Å². The van der Waals surface area contributed by atoms with Gasteiger partial charge in [-0.25, -0.2) is 9.78 Å². The molecule has 138 valence electrons. The molecular formula is C20H20N4O3. The molecule has 0 unspecified atom stereocenters. The summed E-state index contributed by atoms with van der Waals surface area (Å²) in [5, 5.41) is 15.3. The van der Waals surface area contributed by atoms with E-state index in [2.05, 4.69) is 20.6 Å². The second-order valence-corrected chi connectivity index (χ2v) is 6.09. The Bertz CT molecular complexity index is 927. The predicted molar refractivity (Wildman–Crippen MR) is 104 cm³/mol. The molecule has 0 bridgehead atoms. The molecule has 0 spiro atoms. The highest BCUT2D eigenvalue weighted by atomic mass is 16.5. The molecule has 7 nitrogen and oxygen atoms in total. The number of aromatic carboxylic acids is 1. The first kappa shape index (κ1) is 18.2. The zero-order chi connectivity index (χ0) is 19.2. The number of aromatic nitrogens is 2. The summed E-state index contributed by atoms with van der Waals surface area (Å²) in [6, 6.07) is 15.8. The van der Waals surface area contributed by atoms with E-state index >= 15 is 0 Å². The van der Waals surface area contributed by atoms with E-state index in [1.165, 1.54) is 6.07 Å². The van der Waals surface area contributed by atoms with E-state index in [0.717, 1.165) is 11.4 Å². The molecule has 0 amide bonds. The van der Waals surface area contributed by atoms with E-state index in [1.807, 2.05) is 38.1 Å². The van der Waals surface area contributed by atoms with E-state index in [4.69, 9.17) is 9.84 Å². The largest absolute Gasteiger partial charge is 0.491 e. The SMILES string of the molecule is CC(C)Oc1ccc(Nc2nccc(Nc3cccc(C(=O)O)c3)n2)cc1. The Balaban J connectivity index is 1.70. The van der Waals surface area contributed by atoms with Gasteiger partial charge in [0.2, 0.25) is 5.95 Å². The summed E-state index contributed by atoms with van der Waals surface area (Å²) in [4.78, 5) is 19.7. The van der Waals surface area contributed by atoms with Crippen molar-refractivity contribution in [3.05, 3.63) is 66.4 Å². The van der Waals surface area contributed by atoms with Crippen LogP contribution in [0.1, 0.15) is 24.2 Å². The monoisotopic (exact) mass is 364 g/mol. The lowest BCUT2D eigenvalue weighted by Gasteiger charge is -2.11. The number of anilines is 4. The zero-order valence-electron chi connectivity index (χ0n) is 15.0. The van der Waals surface area contributed by atoms with Crippen LogP contribution in [-0.4, -0.2) is 27.1 Å². The van der Waals surface area contributed by atoms with Gasteiger partial charge in [-0.15, -0.1) is 0 Å². The van der Waals surface area contributed by atoms with Gasteiger partial charge in [0.25, 0.3) is 0 Å². The van der Waals surface area contributed by atoms with Crippen molar-refractivity contribution in [2.75, 3.05) is 10.6 Å². The standard InChI is InChI=1S/C20H20N4O3/c1-13(2)27-17-8-6-15(7-9-17)23-20-21-11-10-18(24-20)22-16-5-3-4-14(12-16)19(25)26/h3-13H,1-2H3,(H,25,26)(H2,21,22,23,24). The van der Waals surface area contributed by atoms with Crippen molar-refractivity contribution in [1.82, 2.24) is 9.97 Å². The van der Waals surface area contributed by atoms with Gasteiger partial charge in [-0.05, 0) is 62.4 Å². The van der Waals surface area contributed by atoms with E-state index < -0.39 is 5.97 Å². The molecule has 0 atom stereocenters. The van der Waals surface area contributed by atoms with Crippen LogP contribution in [0.5, 0.6) is 5.75 Å². The molecule has 3 rings (SSSR count). The smallest absolute Gasteiger partial charge is 0.335 e. The summed E-state index contributed by atoms with van der Waals surface area (Å²) < 4.78 is 5.62. The first-order valence-electron chi connectivity index (χ1n) is 8.47. The molecule has 0 aliphatic rings. The maximum Gasteiger partial charge on any atom is 0.335 e. The highest BCUT2D eigenvalue weighted by Crippen LogP contribution is 2.21. The van der Waals surface area contributed by atoms with Crippen molar-refractivity contribution in [2.45, 2.75) is 20.0 Å². The fourth-order valence-electron chi connectivity index (χ4n) is 2.38. The highest BCUT2D eigenvalue weighted by Gasteiger charge is 2.05. The Morgan fingerprint density at radius 1 is 1.04 bits per heavy atom. The van der Waals surface area contributed by atoms with E-state index in [-0.39, 0.29) is 11.7 Å². The summed E-state index contributed by atoms with van der Waals surface area (Å²) >= 11 is 0. The maximum absolute atomic E-state index is 11.1. The Hall–Kier alpha value is -3.61. The molecule has 7 heteroatoms. The number of rotatable bonds is 7. The molecule has 0 saturated carbocycles. The maximum atomic E-state index is 11.1. The van der Waals surface area contributed by atoms with Crippen LogP contribution in [0.2, 0.25) is 0 Å². The summed E-state index contributed by atoms with van der Waals surface area (Å²) in [6.07, 6.45) is 1.74. The molecular weight excluding hydrogens is 344 g/mol. The van der Waals surface area contributed by atoms with Crippen LogP contribution in [0, 0.1) is 0 Å². The molecule has 0 saturated heterocycles. The second-order valence-electron chi connectivity index (χ2n) is 6.09. The highest BCUT2D eigenvalue weighted by molar-refractivity contribution is 5.89. The number of hydrogen-bond acceptors (Lipinski definition) is 6. The van der Waals surface area contributed by atoms with Crippen molar-refractivity contribution in [3.8, 4) is 5.75 Å². The first-order chi connectivity index (χ1) is 13.0. The number of carbonyl (C=O) groups is 1. The zero-order valence-corrected chi connectivity index (χ0v) is 15.0. The number of carboxylic acids is 1. The molecule has 0 aliphatic heterocycles. The van der Waals surface area contributed by atoms with Crippen LogP contribution in [0.25, 0.3) is 0 Å². The van der Waals surface area contributed by atoms with Crippen molar-refractivity contribution < 1.29 is 14.6 Å². The molecule has 3 aromatic rings. The molecule has 3 N–H and O–H groups in total. The van der Waals surface area contributed by atoms with Crippen LogP contribution in [0.15, 0.2) is 60.8 Å². The van der Waals surface area contributed by atoms with Gasteiger partial charge in [0.05, 0.1) is 11.7 Å². The third-order valence-electron chi connectivity index (χ3n) is 3.52. The van der Waals surface area contributed by atoms with Crippen LogP contribution < -0.4 is 15.4 Å². The fourth-order valence-corrected chi connectivity index (χ4v) is 2.38. The number of nitrogens with one attached hydrogen (secondary N) is 2. The Morgan fingerprint density at radius 3 is 2.52 bits per heavy atom. The van der Waals surface area contributed by atoms with Gasteiger partial charge in [-0.3, -0.25) is 0 Å². The molecule has 0 aliphatic carbocycles. The average Bonchev–Trinajstić information content (AvgIpc) is 2.63. The van der Waals surface area contributed by atoms with E-state index in [1.54, 1.807) is 30.5 Å². The molecule has 0 radical (unpaired) electrons. The number of hydrogen-bond donors (Lipinski definition) is 3. The lowest BCUT2D eigenvalue weighted by molar-refractivity contribution is 0.0697. The second kappa shape index (κ2) is 8.18. The minimum Gasteiger partial charge on any atom is -0.491 e. The summed E-state index contributed by atoms with van der Waals surface area (Å²) in [6.45, 7) is 3.95. The Labute approximate surface area is 157 Å². The van der Waals surface area contributed by atoms with Gasteiger partial charge in [0, 0.05) is 17.6 Å². The summed E-state index contributed by atoms with van der Waals surface area (Å²) in [5.41, 5.74) is 1.67. The molecule has 2 aromatic carbocycles. The lowest BCUT2D eigenvalue weighted by atomic mass is 10.2. The number of carboxylic acid groups (broad SMARTS) is 1. The van der Waals surface area contributed by atoms with Gasteiger partial charge in [-0.1, -0.05) is 6.07 Å². The average molecular weight is 364 g/mol. The number of ether oxygens (including phenoxy) is 1. The van der Waals surface area contributed by atoms with Gasteiger partial charge in [0.1, 0.15) is 11.6 Å². The Kier molecular flexibility index (Phi) is 5.51. The lowest BCUT2D eigenvalue weighted by Crippen LogP contribution is -2.05. The normalized spacial score (nSPS) is 10.5. The summed E-state index contributed by atoms with van der Waals surface area (Å²) in [5.74, 6) is 0.792. The predicted octanol–water partition coefficient (Wildman–Crippen LogP) is 4.45. The molecule has 1 heterocycles. The summed E-state index contributed by atoms with van der Waals surface area (Å²) in [7, 11) is 0. The van der Waals surface area contributed by atoms with Gasteiger partial charge in [-0.2, -0.15) is 4.98 Å². The third kappa shape index (κ3) is 5.18. The van der Waals surface area contributed by atoms with Gasteiger partial charge >= 0.3 is 5.97 Å². The fraction of sp³-hybridized carbons (Fsp3) is 0.150. The molecule has 1 aromatic heterocycles. The minimum absolute atomic E-state index is 0.120.